The number of hydrogen-bond acceptors (Lipinski definition) is 2. The molecule has 0 spiro atoms. The number of halogens is 2. The van der Waals surface area contributed by atoms with E-state index in [1.165, 1.54) is 17.7 Å². The van der Waals surface area contributed by atoms with Gasteiger partial charge in [0, 0.05) is 26.3 Å². The molecule has 29 heavy (non-hydrogen) atoms. The Labute approximate surface area is 188 Å². The van der Waals surface area contributed by atoms with E-state index >= 15 is 0 Å². The van der Waals surface area contributed by atoms with Crippen LogP contribution in [0.3, 0.4) is 0 Å². The van der Waals surface area contributed by atoms with E-state index in [2.05, 4.69) is 26.9 Å². The molecule has 0 aliphatic heterocycles. The van der Waals surface area contributed by atoms with Crippen molar-refractivity contribution in [2.45, 2.75) is 26.3 Å². The van der Waals surface area contributed by atoms with Gasteiger partial charge in [0.1, 0.15) is 5.82 Å². The summed E-state index contributed by atoms with van der Waals surface area (Å²) in [5, 5.41) is 11.1. The van der Waals surface area contributed by atoms with Gasteiger partial charge in [-0.05, 0) is 55.2 Å². The number of benzene rings is 2. The molecule has 2 N–H and O–H groups in total. The molecule has 0 saturated heterocycles. The number of hydrogen-bond donors (Lipinski definition) is 2. The first kappa shape index (κ1) is 22.9. The van der Waals surface area contributed by atoms with E-state index < -0.39 is 0 Å². The van der Waals surface area contributed by atoms with Crippen LogP contribution in [0.1, 0.15) is 23.2 Å². The highest BCUT2D eigenvalue weighted by atomic mass is 127. The Hall–Kier alpha value is -2.42. The minimum absolute atomic E-state index is 0. The van der Waals surface area contributed by atoms with Gasteiger partial charge >= 0.3 is 0 Å². The third-order valence-corrected chi connectivity index (χ3v) is 4.51. The number of aryl methyl sites for hydroxylation is 2. The Morgan fingerprint density at radius 1 is 1.10 bits per heavy atom. The highest BCUT2D eigenvalue weighted by molar-refractivity contribution is 14.0. The maximum atomic E-state index is 13.2. The van der Waals surface area contributed by atoms with Crippen molar-refractivity contribution in [1.82, 2.24) is 20.4 Å². The minimum atomic E-state index is -0.228. The second kappa shape index (κ2) is 11.5. The minimum Gasteiger partial charge on any atom is -0.356 e. The fourth-order valence-corrected chi connectivity index (χ4v) is 2.99. The van der Waals surface area contributed by atoms with Crippen molar-refractivity contribution in [3.63, 3.8) is 0 Å². The molecule has 1 heterocycles. The van der Waals surface area contributed by atoms with Crippen molar-refractivity contribution in [1.29, 1.82) is 0 Å². The van der Waals surface area contributed by atoms with Gasteiger partial charge < -0.3 is 10.6 Å². The molecule has 0 bridgehead atoms. The lowest BCUT2D eigenvalue weighted by molar-refractivity contribution is 0.624. The molecule has 0 amide bonds. The van der Waals surface area contributed by atoms with E-state index in [1.54, 1.807) is 13.1 Å². The number of para-hydroxylation sites is 1. The quantitative estimate of drug-likeness (QED) is 0.218. The Kier molecular flexibility index (Phi) is 9.11. The van der Waals surface area contributed by atoms with Crippen LogP contribution in [0.25, 0.3) is 5.69 Å². The Morgan fingerprint density at radius 3 is 2.62 bits per heavy atom. The smallest absolute Gasteiger partial charge is 0.191 e. The summed E-state index contributed by atoms with van der Waals surface area (Å²) in [5.74, 6) is 0.481. The van der Waals surface area contributed by atoms with Gasteiger partial charge in [0.05, 0.1) is 11.4 Å². The van der Waals surface area contributed by atoms with Gasteiger partial charge in [-0.25, -0.2) is 9.07 Å². The summed E-state index contributed by atoms with van der Waals surface area (Å²) < 4.78 is 15.2. The van der Waals surface area contributed by atoms with Crippen LogP contribution in [0.4, 0.5) is 4.39 Å². The molecule has 0 unspecified atom stereocenters. The van der Waals surface area contributed by atoms with Gasteiger partial charge in [-0.15, -0.1) is 24.0 Å². The highest BCUT2D eigenvalue weighted by Gasteiger charge is 2.06. The summed E-state index contributed by atoms with van der Waals surface area (Å²) in [6.45, 7) is 3.36. The lowest BCUT2D eigenvalue weighted by Crippen LogP contribution is -2.37. The summed E-state index contributed by atoms with van der Waals surface area (Å²) >= 11 is 0. The Morgan fingerprint density at radius 2 is 1.90 bits per heavy atom. The monoisotopic (exact) mass is 507 g/mol. The van der Waals surface area contributed by atoms with Gasteiger partial charge in [0.2, 0.25) is 0 Å². The predicted octanol–water partition coefficient (Wildman–Crippen LogP) is 4.24. The number of aliphatic imine (C=N–C) groups is 1. The number of nitrogens with one attached hydrogen (secondary N) is 2. The summed E-state index contributed by atoms with van der Waals surface area (Å²) in [6.07, 6.45) is 4.00. The van der Waals surface area contributed by atoms with Crippen LogP contribution in [0.15, 0.2) is 65.8 Å². The third kappa shape index (κ3) is 6.85. The molecule has 0 aliphatic rings. The van der Waals surface area contributed by atoms with E-state index in [0.29, 0.717) is 12.5 Å². The summed E-state index contributed by atoms with van der Waals surface area (Å²) in [4.78, 5) is 4.22. The molecule has 0 aliphatic carbocycles. The first-order chi connectivity index (χ1) is 13.7. The van der Waals surface area contributed by atoms with E-state index in [9.17, 15) is 4.39 Å². The molecule has 7 heteroatoms. The first-order valence-corrected chi connectivity index (χ1v) is 9.45. The fraction of sp³-hybridized carbons (Fsp3) is 0.273. The summed E-state index contributed by atoms with van der Waals surface area (Å²) in [7, 11) is 1.73. The van der Waals surface area contributed by atoms with Crippen LogP contribution in [-0.2, 0) is 13.0 Å². The number of nitrogens with zero attached hydrogens (tertiary/aromatic N) is 3. The van der Waals surface area contributed by atoms with Crippen molar-refractivity contribution in [2.24, 2.45) is 4.99 Å². The zero-order chi connectivity index (χ0) is 19.8. The zero-order valence-electron chi connectivity index (χ0n) is 16.7. The second-order valence-electron chi connectivity index (χ2n) is 6.61. The molecule has 0 fully saturated rings. The molecule has 1 aromatic heterocycles. The number of rotatable bonds is 7. The molecule has 3 aromatic rings. The first-order valence-electron chi connectivity index (χ1n) is 9.45. The maximum absolute atomic E-state index is 13.2. The molecule has 5 nitrogen and oxygen atoms in total. The van der Waals surface area contributed by atoms with Gasteiger partial charge in [0.15, 0.2) is 5.96 Å². The van der Waals surface area contributed by atoms with Gasteiger partial charge in [-0.3, -0.25) is 4.99 Å². The van der Waals surface area contributed by atoms with Crippen molar-refractivity contribution in [3.05, 3.63) is 83.4 Å². The van der Waals surface area contributed by atoms with Crippen molar-refractivity contribution in [2.75, 3.05) is 13.6 Å². The van der Waals surface area contributed by atoms with E-state index in [-0.39, 0.29) is 29.8 Å². The lowest BCUT2D eigenvalue weighted by Gasteiger charge is -2.12. The van der Waals surface area contributed by atoms with Crippen molar-refractivity contribution < 1.29 is 4.39 Å². The predicted molar refractivity (Wildman–Crippen MR) is 127 cm³/mol. The molecule has 0 radical (unpaired) electrons. The average molecular weight is 507 g/mol. The van der Waals surface area contributed by atoms with Crippen LogP contribution >= 0.6 is 24.0 Å². The Balaban J connectivity index is 0.00000300. The normalized spacial score (nSPS) is 11.1. The molecular weight excluding hydrogens is 480 g/mol. The SMILES string of the molecule is CN=C(NCCCc1cn(-c2ccccc2)nc1C)NCc1cccc(F)c1.I. The summed E-state index contributed by atoms with van der Waals surface area (Å²) in [6, 6.07) is 16.7. The summed E-state index contributed by atoms with van der Waals surface area (Å²) in [5.41, 5.74) is 4.25. The lowest BCUT2D eigenvalue weighted by atomic mass is 10.1. The molecule has 2 aromatic carbocycles. The molecule has 3 rings (SSSR count). The second-order valence-corrected chi connectivity index (χ2v) is 6.61. The maximum Gasteiger partial charge on any atom is 0.191 e. The number of aromatic nitrogens is 2. The molecule has 0 saturated carbocycles. The largest absolute Gasteiger partial charge is 0.356 e. The molecule has 0 atom stereocenters. The molecule has 154 valence electrons. The topological polar surface area (TPSA) is 54.2 Å². The van der Waals surface area contributed by atoms with Gasteiger partial charge in [0.25, 0.3) is 0 Å². The highest BCUT2D eigenvalue weighted by Crippen LogP contribution is 2.13. The van der Waals surface area contributed by atoms with E-state index in [4.69, 9.17) is 0 Å². The van der Waals surface area contributed by atoms with Crippen LogP contribution in [0, 0.1) is 12.7 Å². The van der Waals surface area contributed by atoms with Crippen molar-refractivity contribution in [3.8, 4) is 5.69 Å². The van der Waals surface area contributed by atoms with Gasteiger partial charge in [-0.1, -0.05) is 30.3 Å². The fourth-order valence-electron chi connectivity index (χ4n) is 2.99. The van der Waals surface area contributed by atoms with E-state index in [0.717, 1.165) is 36.3 Å². The van der Waals surface area contributed by atoms with E-state index in [1.807, 2.05) is 48.0 Å². The van der Waals surface area contributed by atoms with Crippen molar-refractivity contribution >= 4 is 29.9 Å². The third-order valence-electron chi connectivity index (χ3n) is 4.51. The number of guanidine groups is 1. The average Bonchev–Trinajstić information content (AvgIpc) is 3.09. The molecular formula is C22H27FIN5. The Bertz CT molecular complexity index is 924. The van der Waals surface area contributed by atoms with Crippen LogP contribution in [0.5, 0.6) is 0 Å². The van der Waals surface area contributed by atoms with Gasteiger partial charge in [-0.2, -0.15) is 5.10 Å². The van der Waals surface area contributed by atoms with Crippen LogP contribution in [0.2, 0.25) is 0 Å². The zero-order valence-corrected chi connectivity index (χ0v) is 19.1. The van der Waals surface area contributed by atoms with Crippen LogP contribution < -0.4 is 10.6 Å². The standard InChI is InChI=1S/C22H26FN5.HI/c1-17-19(16-28(27-17)21-11-4-3-5-12-21)9-7-13-25-22(24-2)26-15-18-8-6-10-20(23)14-18;/h3-6,8,10-12,14,16H,7,9,13,15H2,1-2H3,(H2,24,25,26);1H. The van der Waals surface area contributed by atoms with Crippen LogP contribution in [-0.4, -0.2) is 29.3 Å².